The summed E-state index contributed by atoms with van der Waals surface area (Å²) in [6.07, 6.45) is 0. The van der Waals surface area contributed by atoms with E-state index in [-0.39, 0.29) is 16.2 Å². The molecule has 0 bridgehead atoms. The summed E-state index contributed by atoms with van der Waals surface area (Å²) in [5.74, 6) is 1.98. The minimum atomic E-state index is -0.333. The number of fused-ring (bicyclic) bond motifs is 11. The highest BCUT2D eigenvalue weighted by atomic mass is 15.0. The lowest BCUT2D eigenvalue weighted by atomic mass is 9.77. The topological polar surface area (TPSA) is 38.7 Å². The number of rotatable bonds is 5. The van der Waals surface area contributed by atoms with E-state index in [1.807, 2.05) is 36.4 Å². The third-order valence-electron chi connectivity index (χ3n) is 16.5. The van der Waals surface area contributed by atoms with Gasteiger partial charge in [-0.15, -0.1) is 0 Å². The standard InChI is InChI=1S/C68H51N3/c1-66(2)55-27-17-15-23-45(55)47-32-29-42(35-57(47)66)61-50-25-13-14-26-51(50)62(43-30-33-48-46-24-16-18-28-56(46)67(3,4)58(48)36-43)54-39-60-52(38-53(54)61)49-34-31-44(37-59(49)68(60,5)6)65-70-63(40-19-9-7-10-20-40)69-64(71-65)41-21-11-8-12-22-41/h7-39H,1-6H3. The van der Waals surface area contributed by atoms with Crippen LogP contribution in [0.5, 0.6) is 0 Å². The summed E-state index contributed by atoms with van der Waals surface area (Å²) in [7, 11) is 0. The van der Waals surface area contributed by atoms with Crippen LogP contribution in [0.15, 0.2) is 200 Å². The van der Waals surface area contributed by atoms with Gasteiger partial charge in [0.15, 0.2) is 17.5 Å². The molecule has 0 N–H and O–H groups in total. The van der Waals surface area contributed by atoms with Gasteiger partial charge in [0.05, 0.1) is 0 Å². The van der Waals surface area contributed by atoms with Gasteiger partial charge < -0.3 is 0 Å². The van der Waals surface area contributed by atoms with Gasteiger partial charge >= 0.3 is 0 Å². The molecule has 0 fully saturated rings. The van der Waals surface area contributed by atoms with Gasteiger partial charge in [-0.05, 0) is 141 Å². The van der Waals surface area contributed by atoms with Crippen molar-refractivity contribution in [2.75, 3.05) is 0 Å². The molecule has 3 aliphatic rings. The Balaban J connectivity index is 1.01. The maximum atomic E-state index is 5.16. The molecule has 0 unspecified atom stereocenters. The Bertz CT molecular complexity index is 4010. The maximum absolute atomic E-state index is 5.16. The molecule has 0 aliphatic heterocycles. The van der Waals surface area contributed by atoms with Crippen molar-refractivity contribution in [3.05, 3.63) is 234 Å². The van der Waals surface area contributed by atoms with E-state index in [2.05, 4.69) is 205 Å². The van der Waals surface area contributed by atoms with Crippen LogP contribution in [0.4, 0.5) is 0 Å². The average Bonchev–Trinajstić information content (AvgIpc) is 3.88. The molecule has 0 spiro atoms. The smallest absolute Gasteiger partial charge is 0.164 e. The Morgan fingerprint density at radius 2 is 0.577 bits per heavy atom. The van der Waals surface area contributed by atoms with E-state index < -0.39 is 0 Å². The Morgan fingerprint density at radius 1 is 0.239 bits per heavy atom. The van der Waals surface area contributed by atoms with Gasteiger partial charge in [-0.25, -0.2) is 15.0 Å². The van der Waals surface area contributed by atoms with Crippen LogP contribution in [0, 0.1) is 0 Å². The van der Waals surface area contributed by atoms with Gasteiger partial charge in [0.1, 0.15) is 0 Å². The summed E-state index contributed by atoms with van der Waals surface area (Å²) in [5.41, 5.74) is 23.3. The van der Waals surface area contributed by atoms with Gasteiger partial charge in [-0.2, -0.15) is 0 Å². The van der Waals surface area contributed by atoms with E-state index in [9.17, 15) is 0 Å². The first kappa shape index (κ1) is 41.7. The number of hydrogen-bond acceptors (Lipinski definition) is 3. The summed E-state index contributed by atoms with van der Waals surface area (Å²) in [6, 6.07) is 74.0. The molecular formula is C68H51N3. The van der Waals surface area contributed by atoms with E-state index in [0.29, 0.717) is 17.5 Å². The lowest BCUT2D eigenvalue weighted by Crippen LogP contribution is -2.15. The monoisotopic (exact) mass is 909 g/mol. The van der Waals surface area contributed by atoms with Crippen LogP contribution < -0.4 is 0 Å². The lowest BCUT2D eigenvalue weighted by Gasteiger charge is -2.25. The second-order valence-corrected chi connectivity index (χ2v) is 21.5. The minimum absolute atomic E-state index is 0.132. The van der Waals surface area contributed by atoms with E-state index >= 15 is 0 Å². The minimum Gasteiger partial charge on any atom is -0.208 e. The molecule has 338 valence electrons. The van der Waals surface area contributed by atoms with Crippen molar-refractivity contribution in [2.24, 2.45) is 0 Å². The summed E-state index contributed by atoms with van der Waals surface area (Å²) in [4.78, 5) is 15.3. The van der Waals surface area contributed by atoms with Gasteiger partial charge in [-0.3, -0.25) is 0 Å². The summed E-state index contributed by atoms with van der Waals surface area (Å²) < 4.78 is 0. The van der Waals surface area contributed by atoms with Gasteiger partial charge in [-0.1, -0.05) is 211 Å². The van der Waals surface area contributed by atoms with E-state index in [0.717, 1.165) is 16.7 Å². The van der Waals surface area contributed by atoms with Crippen LogP contribution in [0.2, 0.25) is 0 Å². The molecule has 0 radical (unpaired) electrons. The van der Waals surface area contributed by atoms with Crippen LogP contribution >= 0.6 is 0 Å². The number of hydrogen-bond donors (Lipinski definition) is 0. The zero-order valence-corrected chi connectivity index (χ0v) is 40.9. The quantitative estimate of drug-likeness (QED) is 0.162. The van der Waals surface area contributed by atoms with Crippen LogP contribution in [0.25, 0.3) is 111 Å². The first-order chi connectivity index (χ1) is 34.5. The zero-order valence-electron chi connectivity index (χ0n) is 40.9. The molecular weight excluding hydrogens is 859 g/mol. The molecule has 0 atom stereocenters. The number of aromatic nitrogens is 3. The van der Waals surface area contributed by atoms with Crippen molar-refractivity contribution in [2.45, 2.75) is 57.8 Å². The van der Waals surface area contributed by atoms with Crippen LogP contribution in [0.3, 0.4) is 0 Å². The van der Waals surface area contributed by atoms with Crippen molar-refractivity contribution in [1.82, 2.24) is 15.0 Å². The van der Waals surface area contributed by atoms with Crippen molar-refractivity contribution < 1.29 is 0 Å². The molecule has 3 heteroatoms. The fourth-order valence-corrected chi connectivity index (χ4v) is 12.8. The van der Waals surface area contributed by atoms with Gasteiger partial charge in [0.2, 0.25) is 0 Å². The predicted octanol–water partition coefficient (Wildman–Crippen LogP) is 17.4. The fourth-order valence-electron chi connectivity index (χ4n) is 12.8. The Hall–Kier alpha value is -8.27. The molecule has 10 aromatic carbocycles. The fraction of sp³-hybridized carbons (Fsp3) is 0.132. The first-order valence-corrected chi connectivity index (χ1v) is 25.0. The summed E-state index contributed by atoms with van der Waals surface area (Å²) >= 11 is 0. The molecule has 11 aromatic rings. The first-order valence-electron chi connectivity index (χ1n) is 25.0. The van der Waals surface area contributed by atoms with Crippen LogP contribution in [0.1, 0.15) is 74.9 Å². The van der Waals surface area contributed by atoms with E-state index in [1.165, 1.54) is 111 Å². The normalized spacial score (nSPS) is 15.0. The van der Waals surface area contributed by atoms with Crippen molar-refractivity contribution >= 4 is 21.5 Å². The molecule has 0 saturated heterocycles. The molecule has 71 heavy (non-hydrogen) atoms. The third kappa shape index (κ3) is 5.99. The zero-order chi connectivity index (χ0) is 48.0. The largest absolute Gasteiger partial charge is 0.208 e. The SMILES string of the molecule is CC1(C)c2ccccc2-c2ccc(-c3c4ccccc4c(-c4ccc5c(c4)C(C)(C)c4ccccc4-5)c4cc5c(cc34)-c3ccc(-c4nc(-c6ccccc6)nc(-c6ccccc6)n4)cc3C5(C)C)cc21. The highest BCUT2D eigenvalue weighted by Gasteiger charge is 2.40. The van der Waals surface area contributed by atoms with Crippen molar-refractivity contribution in [3.8, 4) is 89.8 Å². The van der Waals surface area contributed by atoms with E-state index in [1.54, 1.807) is 0 Å². The second kappa shape index (κ2) is 14.9. The predicted molar refractivity (Wildman–Crippen MR) is 295 cm³/mol. The molecule has 1 aromatic heterocycles. The molecule has 1 heterocycles. The molecule has 14 rings (SSSR count). The van der Waals surface area contributed by atoms with Crippen molar-refractivity contribution in [3.63, 3.8) is 0 Å². The number of benzene rings is 10. The highest BCUT2D eigenvalue weighted by molar-refractivity contribution is 6.23. The highest BCUT2D eigenvalue weighted by Crippen LogP contribution is 2.57. The average molecular weight is 910 g/mol. The molecule has 3 nitrogen and oxygen atoms in total. The number of nitrogens with zero attached hydrogens (tertiary/aromatic N) is 3. The second-order valence-electron chi connectivity index (χ2n) is 21.5. The molecule has 0 saturated carbocycles. The Labute approximate surface area is 415 Å². The Morgan fingerprint density at radius 3 is 1.07 bits per heavy atom. The van der Waals surface area contributed by atoms with E-state index in [4.69, 9.17) is 15.0 Å². The lowest BCUT2D eigenvalue weighted by molar-refractivity contribution is 0.660. The van der Waals surface area contributed by atoms with Crippen molar-refractivity contribution in [1.29, 1.82) is 0 Å². The third-order valence-corrected chi connectivity index (χ3v) is 16.5. The molecule has 3 aliphatic carbocycles. The summed E-state index contributed by atoms with van der Waals surface area (Å²) in [5, 5.41) is 5.06. The molecule has 0 amide bonds. The summed E-state index contributed by atoms with van der Waals surface area (Å²) in [6.45, 7) is 14.3. The Kier molecular flexibility index (Phi) is 8.73. The maximum Gasteiger partial charge on any atom is 0.164 e. The van der Waals surface area contributed by atoms with Gasteiger partial charge in [0.25, 0.3) is 0 Å². The van der Waals surface area contributed by atoms with Crippen LogP contribution in [-0.2, 0) is 16.2 Å². The van der Waals surface area contributed by atoms with Gasteiger partial charge in [0, 0.05) is 32.9 Å². The van der Waals surface area contributed by atoms with Crippen LogP contribution in [-0.4, -0.2) is 15.0 Å².